The molecule has 0 radical (unpaired) electrons. The Kier molecular flexibility index (Phi) is 3.46. The van der Waals surface area contributed by atoms with Crippen molar-refractivity contribution in [2.45, 2.75) is 0 Å². The number of hydrogen-bond donors (Lipinski definition) is 1. The number of aromatic nitrogens is 1. The van der Waals surface area contributed by atoms with Crippen molar-refractivity contribution in [3.05, 3.63) is 65.3 Å². The molecular weight excluding hydrogens is 290 g/mol. The fourth-order valence-electron chi connectivity index (χ4n) is 2.04. The van der Waals surface area contributed by atoms with Crippen LogP contribution in [0.1, 0.15) is 10.4 Å². The molecule has 0 aliphatic carbocycles. The lowest BCUT2D eigenvalue weighted by atomic mass is 10.2. The molecule has 0 atom stereocenters. The van der Waals surface area contributed by atoms with Gasteiger partial charge < -0.3 is 9.84 Å². The van der Waals surface area contributed by atoms with Crippen LogP contribution in [0.15, 0.2) is 54.7 Å². The number of fused-ring (bicyclic) bond motifs is 1. The summed E-state index contributed by atoms with van der Waals surface area (Å²) in [6.45, 7) is 0. The quantitative estimate of drug-likeness (QED) is 0.779. The van der Waals surface area contributed by atoms with Gasteiger partial charge in [0.2, 0.25) is 0 Å². The van der Waals surface area contributed by atoms with Crippen molar-refractivity contribution in [1.82, 2.24) is 4.98 Å². The lowest BCUT2D eigenvalue weighted by Crippen LogP contribution is -2.00. The minimum atomic E-state index is -1.09. The van der Waals surface area contributed by atoms with Gasteiger partial charge in [0.1, 0.15) is 17.1 Å². The van der Waals surface area contributed by atoms with Crippen molar-refractivity contribution < 1.29 is 14.6 Å². The number of aromatic carboxylic acids is 1. The Morgan fingerprint density at radius 3 is 2.71 bits per heavy atom. The van der Waals surface area contributed by atoms with Gasteiger partial charge in [-0.05, 0) is 36.4 Å². The van der Waals surface area contributed by atoms with E-state index in [1.807, 2.05) is 24.3 Å². The number of para-hydroxylation sites is 1. The summed E-state index contributed by atoms with van der Waals surface area (Å²) >= 11 is 5.83. The second-order valence-corrected chi connectivity index (χ2v) is 4.81. The number of benzene rings is 2. The molecule has 5 heteroatoms. The molecule has 104 valence electrons. The molecule has 0 saturated heterocycles. The van der Waals surface area contributed by atoms with Gasteiger partial charge in [-0.15, -0.1) is 0 Å². The summed E-state index contributed by atoms with van der Waals surface area (Å²) in [5, 5.41) is 10.4. The summed E-state index contributed by atoms with van der Waals surface area (Å²) in [4.78, 5) is 15.5. The number of nitrogens with zero attached hydrogens (tertiary/aromatic N) is 1. The third-order valence-electron chi connectivity index (χ3n) is 3.00. The highest BCUT2D eigenvalue weighted by atomic mass is 35.5. The third-order valence-corrected chi connectivity index (χ3v) is 3.24. The zero-order valence-corrected chi connectivity index (χ0v) is 11.5. The normalized spacial score (nSPS) is 10.5. The fourth-order valence-corrected chi connectivity index (χ4v) is 2.21. The first-order valence-electron chi connectivity index (χ1n) is 6.19. The number of halogens is 1. The average molecular weight is 300 g/mol. The molecule has 0 aliphatic rings. The van der Waals surface area contributed by atoms with E-state index in [0.717, 1.165) is 10.9 Å². The van der Waals surface area contributed by atoms with Crippen molar-refractivity contribution in [2.24, 2.45) is 0 Å². The Labute approximate surface area is 125 Å². The molecule has 0 amide bonds. The summed E-state index contributed by atoms with van der Waals surface area (Å²) in [6, 6.07) is 13.7. The van der Waals surface area contributed by atoms with Crippen LogP contribution in [0.25, 0.3) is 10.9 Å². The van der Waals surface area contributed by atoms with Gasteiger partial charge in [-0.25, -0.2) is 4.79 Å². The lowest BCUT2D eigenvalue weighted by molar-refractivity contribution is 0.0694. The van der Waals surface area contributed by atoms with Gasteiger partial charge >= 0.3 is 5.97 Å². The number of ether oxygens (including phenoxy) is 1. The van der Waals surface area contributed by atoms with Crippen molar-refractivity contribution in [3.63, 3.8) is 0 Å². The second-order valence-electron chi connectivity index (χ2n) is 4.37. The molecule has 0 unspecified atom stereocenters. The van der Waals surface area contributed by atoms with Crippen LogP contribution in [-0.4, -0.2) is 16.1 Å². The summed E-state index contributed by atoms with van der Waals surface area (Å²) in [6.07, 6.45) is 1.62. The first-order chi connectivity index (χ1) is 10.1. The zero-order chi connectivity index (χ0) is 14.8. The van der Waals surface area contributed by atoms with E-state index in [1.165, 1.54) is 6.07 Å². The van der Waals surface area contributed by atoms with Crippen LogP contribution in [0.5, 0.6) is 11.5 Å². The highest BCUT2D eigenvalue weighted by molar-refractivity contribution is 6.31. The van der Waals surface area contributed by atoms with Crippen molar-refractivity contribution in [2.75, 3.05) is 0 Å². The predicted molar refractivity (Wildman–Crippen MR) is 80.2 cm³/mol. The number of hydrogen-bond acceptors (Lipinski definition) is 3. The second kappa shape index (κ2) is 5.42. The van der Waals surface area contributed by atoms with E-state index in [4.69, 9.17) is 16.3 Å². The number of carboxylic acid groups (broad SMARTS) is 1. The molecule has 0 saturated carbocycles. The summed E-state index contributed by atoms with van der Waals surface area (Å²) in [5.41, 5.74) is 0.796. The topological polar surface area (TPSA) is 59.4 Å². The van der Waals surface area contributed by atoms with Crippen LogP contribution in [0.4, 0.5) is 0 Å². The average Bonchev–Trinajstić information content (AvgIpc) is 2.49. The van der Waals surface area contributed by atoms with Crippen molar-refractivity contribution in [3.8, 4) is 11.5 Å². The van der Waals surface area contributed by atoms with Crippen LogP contribution < -0.4 is 4.74 Å². The van der Waals surface area contributed by atoms with Gasteiger partial charge in [-0.3, -0.25) is 4.98 Å². The van der Waals surface area contributed by atoms with Gasteiger partial charge in [0.15, 0.2) is 0 Å². The maximum absolute atomic E-state index is 11.3. The predicted octanol–water partition coefficient (Wildman–Crippen LogP) is 4.38. The molecule has 2 aromatic carbocycles. The number of pyridine rings is 1. The van der Waals surface area contributed by atoms with Gasteiger partial charge in [-0.2, -0.15) is 0 Å². The molecule has 4 nitrogen and oxygen atoms in total. The van der Waals surface area contributed by atoms with E-state index in [0.29, 0.717) is 10.8 Å². The van der Waals surface area contributed by atoms with Gasteiger partial charge in [0, 0.05) is 16.6 Å². The van der Waals surface area contributed by atoms with Crippen LogP contribution >= 0.6 is 11.6 Å². The number of carboxylic acids is 1. The Bertz CT molecular complexity index is 827. The molecule has 3 aromatic rings. The van der Waals surface area contributed by atoms with Crippen LogP contribution in [-0.2, 0) is 0 Å². The molecule has 0 spiro atoms. The Balaban J connectivity index is 2.09. The molecule has 1 aromatic heterocycles. The van der Waals surface area contributed by atoms with E-state index in [-0.39, 0.29) is 11.3 Å². The highest BCUT2D eigenvalue weighted by Gasteiger charge is 2.14. The maximum Gasteiger partial charge on any atom is 0.339 e. The maximum atomic E-state index is 11.3. The van der Waals surface area contributed by atoms with Crippen LogP contribution in [0.3, 0.4) is 0 Å². The van der Waals surface area contributed by atoms with E-state index < -0.39 is 5.97 Å². The third kappa shape index (κ3) is 2.66. The lowest BCUT2D eigenvalue weighted by Gasteiger charge is -2.11. The SMILES string of the molecule is O=C(O)c1cc(Cl)ccc1Oc1ccnc2ccccc12. The summed E-state index contributed by atoms with van der Waals surface area (Å²) in [7, 11) is 0. The van der Waals surface area contributed by atoms with E-state index in [9.17, 15) is 9.90 Å². The molecule has 0 bridgehead atoms. The van der Waals surface area contributed by atoms with Crippen LogP contribution in [0.2, 0.25) is 5.02 Å². The Hall–Kier alpha value is -2.59. The largest absolute Gasteiger partial charge is 0.478 e. The molecule has 1 heterocycles. The van der Waals surface area contributed by atoms with E-state index in [1.54, 1.807) is 24.4 Å². The minimum Gasteiger partial charge on any atom is -0.478 e. The molecule has 21 heavy (non-hydrogen) atoms. The number of rotatable bonds is 3. The van der Waals surface area contributed by atoms with E-state index >= 15 is 0 Å². The summed E-state index contributed by atoms with van der Waals surface area (Å²) < 4.78 is 5.76. The zero-order valence-electron chi connectivity index (χ0n) is 10.8. The monoisotopic (exact) mass is 299 g/mol. The first-order valence-corrected chi connectivity index (χ1v) is 6.57. The highest BCUT2D eigenvalue weighted by Crippen LogP contribution is 2.31. The standard InChI is InChI=1S/C16H10ClNO3/c17-10-5-6-14(12(9-10)16(19)20)21-15-7-8-18-13-4-2-1-3-11(13)15/h1-9H,(H,19,20). The van der Waals surface area contributed by atoms with Crippen molar-refractivity contribution in [1.29, 1.82) is 0 Å². The van der Waals surface area contributed by atoms with Gasteiger partial charge in [0.05, 0.1) is 5.52 Å². The van der Waals surface area contributed by atoms with Crippen LogP contribution in [0, 0.1) is 0 Å². The fraction of sp³-hybridized carbons (Fsp3) is 0. The molecule has 0 aliphatic heterocycles. The van der Waals surface area contributed by atoms with Gasteiger partial charge in [0.25, 0.3) is 0 Å². The molecule has 0 fully saturated rings. The first kappa shape index (κ1) is 13.4. The Morgan fingerprint density at radius 2 is 1.90 bits per heavy atom. The molecule has 1 N–H and O–H groups in total. The van der Waals surface area contributed by atoms with Gasteiger partial charge in [-0.1, -0.05) is 23.7 Å². The summed E-state index contributed by atoms with van der Waals surface area (Å²) in [5.74, 6) is -0.306. The van der Waals surface area contributed by atoms with E-state index in [2.05, 4.69) is 4.98 Å². The molecular formula is C16H10ClNO3. The molecule has 3 rings (SSSR count). The minimum absolute atomic E-state index is 0.0170. The smallest absolute Gasteiger partial charge is 0.339 e. The Morgan fingerprint density at radius 1 is 1.10 bits per heavy atom. The number of carbonyl (C=O) groups is 1. The van der Waals surface area contributed by atoms with Crippen molar-refractivity contribution >= 4 is 28.5 Å².